The number of carbonyl (C=O) groups is 1. The number of carboxylic acid groups (broad SMARTS) is 1. The molecule has 3 aromatic rings. The van der Waals surface area contributed by atoms with Gasteiger partial charge in [0.2, 0.25) is 10.0 Å². The van der Waals surface area contributed by atoms with Crippen LogP contribution in [0.25, 0.3) is 11.1 Å². The second-order valence-electron chi connectivity index (χ2n) is 6.42. The maximum Gasteiger partial charge on any atom is 0.322 e. The van der Waals surface area contributed by atoms with Crippen molar-refractivity contribution in [3.05, 3.63) is 90.0 Å². The molecule has 0 saturated carbocycles. The van der Waals surface area contributed by atoms with Crippen molar-refractivity contribution in [2.75, 3.05) is 0 Å². The molecule has 0 aliphatic carbocycles. The molecule has 0 radical (unpaired) electrons. The molecule has 0 fully saturated rings. The third-order valence-corrected chi connectivity index (χ3v) is 5.88. The number of rotatable bonds is 7. The smallest absolute Gasteiger partial charge is 0.322 e. The van der Waals surface area contributed by atoms with E-state index in [0.717, 1.165) is 16.7 Å². The van der Waals surface area contributed by atoms with Crippen LogP contribution in [0.5, 0.6) is 0 Å². The van der Waals surface area contributed by atoms with Gasteiger partial charge in [-0.3, -0.25) is 4.79 Å². The van der Waals surface area contributed by atoms with Gasteiger partial charge in [0.15, 0.2) is 0 Å². The average Bonchev–Trinajstić information content (AvgIpc) is 2.74. The highest BCUT2D eigenvalue weighted by Crippen LogP contribution is 2.22. The zero-order chi connectivity index (χ0) is 20.9. The zero-order valence-corrected chi connectivity index (χ0v) is 16.1. The van der Waals surface area contributed by atoms with Crippen LogP contribution >= 0.6 is 0 Å². The van der Waals surface area contributed by atoms with Crippen LogP contribution in [-0.2, 0) is 21.2 Å². The summed E-state index contributed by atoms with van der Waals surface area (Å²) >= 11 is 0. The molecule has 3 rings (SSSR count). The van der Waals surface area contributed by atoms with Crippen molar-refractivity contribution in [2.45, 2.75) is 17.4 Å². The second kappa shape index (κ2) is 8.69. The Morgan fingerprint density at radius 1 is 0.931 bits per heavy atom. The summed E-state index contributed by atoms with van der Waals surface area (Å²) in [5.41, 5.74) is 2.88. The Bertz CT molecular complexity index is 1130. The van der Waals surface area contributed by atoms with Gasteiger partial charge in [-0.2, -0.15) is 9.98 Å². The number of benzene rings is 3. The molecule has 0 heterocycles. The largest absolute Gasteiger partial charge is 0.480 e. The predicted molar refractivity (Wildman–Crippen MR) is 108 cm³/mol. The van der Waals surface area contributed by atoms with E-state index in [2.05, 4.69) is 4.72 Å². The topological polar surface area (TPSA) is 107 Å². The van der Waals surface area contributed by atoms with Crippen molar-refractivity contribution in [1.29, 1.82) is 5.26 Å². The Kier molecular flexibility index (Phi) is 6.07. The fourth-order valence-corrected chi connectivity index (χ4v) is 4.04. The maximum absolute atomic E-state index is 12.7. The minimum Gasteiger partial charge on any atom is -0.480 e. The van der Waals surface area contributed by atoms with Crippen LogP contribution in [0.3, 0.4) is 0 Å². The van der Waals surface area contributed by atoms with Crippen molar-refractivity contribution < 1.29 is 18.3 Å². The molecular weight excluding hydrogens is 388 g/mol. The SMILES string of the molecule is N#Cc1ccc(-c2ccc(S(=O)(=O)N[C@H](Cc3ccccc3)C(=O)O)cc2)cc1. The number of nitrogens with zero attached hydrogens (tertiary/aromatic N) is 1. The first kappa shape index (κ1) is 20.3. The van der Waals surface area contributed by atoms with Gasteiger partial charge in [-0.15, -0.1) is 0 Å². The highest BCUT2D eigenvalue weighted by atomic mass is 32.2. The van der Waals surface area contributed by atoms with Crippen LogP contribution in [0.4, 0.5) is 0 Å². The standard InChI is InChI=1S/C22H18N2O4S/c23-15-17-6-8-18(9-7-17)19-10-12-20(13-11-19)29(27,28)24-21(22(25)26)14-16-4-2-1-3-5-16/h1-13,21,24H,14H2,(H,25,26)/t21-/m1/s1. The minimum atomic E-state index is -4.01. The molecule has 0 unspecified atom stereocenters. The van der Waals surface area contributed by atoms with E-state index < -0.39 is 22.0 Å². The van der Waals surface area contributed by atoms with Gasteiger partial charge in [0, 0.05) is 0 Å². The summed E-state index contributed by atoms with van der Waals surface area (Å²) in [7, 11) is -4.01. The summed E-state index contributed by atoms with van der Waals surface area (Å²) in [6.45, 7) is 0. The highest BCUT2D eigenvalue weighted by Gasteiger charge is 2.25. The number of nitrogens with one attached hydrogen (secondary N) is 1. The summed E-state index contributed by atoms with van der Waals surface area (Å²) in [6, 6.07) is 22.7. The molecule has 0 bridgehead atoms. The van der Waals surface area contributed by atoms with Crippen LogP contribution in [0, 0.1) is 11.3 Å². The minimum absolute atomic E-state index is 0.0193. The molecule has 0 aromatic heterocycles. The normalized spacial score (nSPS) is 12.1. The van der Waals surface area contributed by atoms with E-state index in [0.29, 0.717) is 5.56 Å². The summed E-state index contributed by atoms with van der Waals surface area (Å²) in [6.07, 6.45) is 0.0404. The lowest BCUT2D eigenvalue weighted by Gasteiger charge is -2.15. The molecule has 2 N–H and O–H groups in total. The third kappa shape index (κ3) is 5.08. The monoisotopic (exact) mass is 406 g/mol. The molecular formula is C22H18N2O4S. The number of hydrogen-bond donors (Lipinski definition) is 2. The molecule has 6 nitrogen and oxygen atoms in total. The number of hydrogen-bond acceptors (Lipinski definition) is 4. The molecule has 0 aliphatic heterocycles. The predicted octanol–water partition coefficient (Wildman–Crippen LogP) is 3.20. The second-order valence-corrected chi connectivity index (χ2v) is 8.13. The lowest BCUT2D eigenvalue weighted by Crippen LogP contribution is -2.42. The lowest BCUT2D eigenvalue weighted by atomic mass is 10.0. The summed E-state index contributed by atoms with van der Waals surface area (Å²) < 4.78 is 27.6. The molecule has 1 atom stereocenters. The number of nitriles is 1. The number of carboxylic acids is 1. The Hall–Kier alpha value is -3.47. The zero-order valence-electron chi connectivity index (χ0n) is 15.3. The van der Waals surface area contributed by atoms with Crippen molar-refractivity contribution >= 4 is 16.0 Å². The maximum atomic E-state index is 12.7. The first-order valence-corrected chi connectivity index (χ1v) is 10.3. The summed E-state index contributed by atoms with van der Waals surface area (Å²) in [5, 5.41) is 18.3. The first-order valence-electron chi connectivity index (χ1n) is 8.79. The molecule has 7 heteroatoms. The fraction of sp³-hybridized carbons (Fsp3) is 0.0909. The van der Waals surface area contributed by atoms with Crippen LogP contribution < -0.4 is 4.72 Å². The van der Waals surface area contributed by atoms with E-state index >= 15 is 0 Å². The fourth-order valence-electron chi connectivity index (χ4n) is 2.85. The Balaban J connectivity index is 1.78. The van der Waals surface area contributed by atoms with E-state index in [1.165, 1.54) is 12.1 Å². The first-order chi connectivity index (χ1) is 13.9. The molecule has 146 valence electrons. The van der Waals surface area contributed by atoms with E-state index in [4.69, 9.17) is 5.26 Å². The van der Waals surface area contributed by atoms with Gasteiger partial charge in [-0.1, -0.05) is 54.6 Å². The average molecular weight is 406 g/mol. The van der Waals surface area contributed by atoms with Crippen LogP contribution in [0.2, 0.25) is 0 Å². The molecule has 29 heavy (non-hydrogen) atoms. The van der Waals surface area contributed by atoms with Gasteiger partial charge in [0.25, 0.3) is 0 Å². The number of sulfonamides is 1. The van der Waals surface area contributed by atoms with Gasteiger partial charge in [0.05, 0.1) is 16.5 Å². The van der Waals surface area contributed by atoms with E-state index in [1.807, 2.05) is 6.07 Å². The summed E-state index contributed by atoms with van der Waals surface area (Å²) in [5.74, 6) is -1.24. The van der Waals surface area contributed by atoms with Crippen molar-refractivity contribution in [3.8, 4) is 17.2 Å². The molecule has 0 aliphatic rings. The van der Waals surface area contributed by atoms with Crippen molar-refractivity contribution in [2.24, 2.45) is 0 Å². The Morgan fingerprint density at radius 3 is 2.00 bits per heavy atom. The Labute approximate surface area is 169 Å². The van der Waals surface area contributed by atoms with Gasteiger partial charge < -0.3 is 5.11 Å². The lowest BCUT2D eigenvalue weighted by molar-refractivity contribution is -0.138. The van der Waals surface area contributed by atoms with E-state index in [-0.39, 0.29) is 11.3 Å². The highest BCUT2D eigenvalue weighted by molar-refractivity contribution is 7.89. The molecule has 3 aromatic carbocycles. The van der Waals surface area contributed by atoms with Crippen molar-refractivity contribution in [3.63, 3.8) is 0 Å². The quantitative estimate of drug-likeness (QED) is 0.627. The number of aliphatic carboxylic acids is 1. The Morgan fingerprint density at radius 2 is 1.48 bits per heavy atom. The molecule has 0 spiro atoms. The van der Waals surface area contributed by atoms with Gasteiger partial charge in [-0.05, 0) is 47.4 Å². The van der Waals surface area contributed by atoms with E-state index in [1.54, 1.807) is 66.7 Å². The van der Waals surface area contributed by atoms with Crippen LogP contribution in [0.15, 0.2) is 83.8 Å². The molecule has 0 amide bonds. The van der Waals surface area contributed by atoms with E-state index in [9.17, 15) is 18.3 Å². The molecule has 0 saturated heterocycles. The third-order valence-electron chi connectivity index (χ3n) is 4.39. The van der Waals surface area contributed by atoms with Crippen LogP contribution in [0.1, 0.15) is 11.1 Å². The van der Waals surface area contributed by atoms with Gasteiger partial charge in [-0.25, -0.2) is 8.42 Å². The van der Waals surface area contributed by atoms with Crippen LogP contribution in [-0.4, -0.2) is 25.5 Å². The van der Waals surface area contributed by atoms with Crippen molar-refractivity contribution in [1.82, 2.24) is 4.72 Å². The van der Waals surface area contributed by atoms with Gasteiger partial charge in [0.1, 0.15) is 6.04 Å². The summed E-state index contributed by atoms with van der Waals surface area (Å²) in [4.78, 5) is 11.5. The van der Waals surface area contributed by atoms with Gasteiger partial charge >= 0.3 is 5.97 Å².